The number of aliphatic hydroxyl groups excluding tert-OH is 2. The Hall–Kier alpha value is -4.54. The third-order valence-corrected chi connectivity index (χ3v) is 6.46. The number of esters is 1. The van der Waals surface area contributed by atoms with E-state index in [4.69, 9.17) is 4.74 Å². The minimum absolute atomic E-state index is 0.0795. The van der Waals surface area contributed by atoms with Crippen LogP contribution >= 0.6 is 0 Å². The summed E-state index contributed by atoms with van der Waals surface area (Å²) in [5.41, 5.74) is 3.97. The largest absolute Gasteiger partial charge is 0.426 e. The zero-order valence-corrected chi connectivity index (χ0v) is 22.6. The van der Waals surface area contributed by atoms with Gasteiger partial charge in [-0.05, 0) is 61.4 Å². The monoisotopic (exact) mass is 562 g/mol. The van der Waals surface area contributed by atoms with E-state index in [9.17, 15) is 29.5 Å². The van der Waals surface area contributed by atoms with E-state index >= 15 is 0 Å². The summed E-state index contributed by atoms with van der Waals surface area (Å²) in [6.07, 6.45) is 0.611. The Morgan fingerprint density at radius 3 is 2.51 bits per heavy atom. The minimum atomic E-state index is -1.18. The van der Waals surface area contributed by atoms with Gasteiger partial charge in [0.15, 0.2) is 0 Å². The van der Waals surface area contributed by atoms with Gasteiger partial charge in [-0.3, -0.25) is 4.79 Å². The van der Waals surface area contributed by atoms with Gasteiger partial charge in [-0.25, -0.2) is 4.39 Å². The number of rotatable bonds is 12. The number of nitrogens with zero attached hydrogens (tertiary/aromatic N) is 2. The number of aromatic nitrogens is 1. The average Bonchev–Trinajstić information content (AvgIpc) is 3.25. The van der Waals surface area contributed by atoms with Crippen LogP contribution in [0, 0.1) is 15.9 Å². The highest BCUT2D eigenvalue weighted by atomic mass is 19.1. The van der Waals surface area contributed by atoms with Crippen molar-refractivity contribution in [3.05, 3.63) is 106 Å². The van der Waals surface area contributed by atoms with Crippen molar-refractivity contribution >= 4 is 22.9 Å². The summed E-state index contributed by atoms with van der Waals surface area (Å²) < 4.78 is 21.1. The van der Waals surface area contributed by atoms with E-state index in [1.54, 1.807) is 36.4 Å². The molecule has 2 N–H and O–H groups in total. The highest BCUT2D eigenvalue weighted by molar-refractivity contribution is 6.01. The van der Waals surface area contributed by atoms with Crippen molar-refractivity contribution in [1.29, 1.82) is 0 Å². The second-order valence-corrected chi connectivity index (χ2v) is 9.89. The molecule has 0 fully saturated rings. The molecule has 41 heavy (non-hydrogen) atoms. The standard InChI is InChI=1S/C31H31FN2O7/c1-20(2)33-28-9-4-3-8-27(28)31(22-10-12-23(32)13-11-22)29(33)15-14-24(35)17-25(36)18-30(37)41-26-7-5-6-21(16-26)19-40-34(38)39/h3-16,20,24-25,35-36H,17-19H2,1-2H3/b15-14+/t24-,25-/m0/s1. The lowest BCUT2D eigenvalue weighted by Crippen LogP contribution is -2.22. The van der Waals surface area contributed by atoms with E-state index in [2.05, 4.69) is 23.3 Å². The normalized spacial score (nSPS) is 13.0. The number of ether oxygens (including phenoxy) is 1. The lowest BCUT2D eigenvalue weighted by molar-refractivity contribution is -0.763. The highest BCUT2D eigenvalue weighted by Crippen LogP contribution is 2.38. The molecule has 0 saturated heterocycles. The molecule has 0 unspecified atom stereocenters. The molecular formula is C31H31FN2O7. The van der Waals surface area contributed by atoms with E-state index < -0.39 is 23.3 Å². The summed E-state index contributed by atoms with van der Waals surface area (Å²) >= 11 is 0. The molecule has 0 radical (unpaired) electrons. The topological polar surface area (TPSA) is 124 Å². The number of fused-ring (bicyclic) bond motifs is 1. The first-order chi connectivity index (χ1) is 19.6. The third kappa shape index (κ3) is 7.56. The molecule has 4 rings (SSSR count). The maximum Gasteiger partial charge on any atom is 0.313 e. The molecule has 3 aromatic carbocycles. The fraction of sp³-hybridized carbons (Fsp3) is 0.258. The van der Waals surface area contributed by atoms with E-state index in [1.807, 2.05) is 24.3 Å². The molecule has 0 aliphatic carbocycles. The third-order valence-electron chi connectivity index (χ3n) is 6.46. The van der Waals surface area contributed by atoms with Crippen LogP contribution in [-0.4, -0.2) is 38.0 Å². The van der Waals surface area contributed by atoms with Crippen molar-refractivity contribution in [3.63, 3.8) is 0 Å². The highest BCUT2D eigenvalue weighted by Gasteiger charge is 2.20. The molecule has 0 aliphatic heterocycles. The molecule has 0 spiro atoms. The Morgan fingerprint density at radius 2 is 1.80 bits per heavy atom. The Kier molecular flexibility index (Phi) is 9.49. The first-order valence-corrected chi connectivity index (χ1v) is 13.1. The smallest absolute Gasteiger partial charge is 0.313 e. The van der Waals surface area contributed by atoms with Gasteiger partial charge in [0.25, 0.3) is 5.09 Å². The molecule has 10 heteroatoms. The number of aliphatic hydroxyl groups is 2. The second-order valence-electron chi connectivity index (χ2n) is 9.89. The van der Waals surface area contributed by atoms with Gasteiger partial charge >= 0.3 is 5.97 Å². The van der Waals surface area contributed by atoms with Gasteiger partial charge in [0.1, 0.15) is 18.2 Å². The molecule has 0 aliphatic rings. The van der Waals surface area contributed by atoms with Crippen LogP contribution in [0.1, 0.15) is 44.0 Å². The minimum Gasteiger partial charge on any atom is -0.426 e. The fourth-order valence-electron chi connectivity index (χ4n) is 4.76. The Balaban J connectivity index is 1.47. The van der Waals surface area contributed by atoms with Gasteiger partial charge in [0.05, 0.1) is 18.6 Å². The SMILES string of the molecule is CC(C)n1c(/C=C/[C@H](O)C[C@H](O)CC(=O)Oc2cccc(CO[N+](=O)[O-])c2)c(-c2ccc(F)cc2)c2ccccc21. The fourth-order valence-corrected chi connectivity index (χ4v) is 4.76. The number of carbonyl (C=O) groups excluding carboxylic acids is 1. The Bertz CT molecular complexity index is 1550. The number of hydrogen-bond donors (Lipinski definition) is 2. The summed E-state index contributed by atoms with van der Waals surface area (Å²) in [5, 5.41) is 31.6. The molecule has 0 saturated carbocycles. The molecule has 1 aromatic heterocycles. The van der Waals surface area contributed by atoms with Crippen LogP contribution in [0.2, 0.25) is 0 Å². The van der Waals surface area contributed by atoms with Gasteiger partial charge in [-0.1, -0.05) is 48.5 Å². The summed E-state index contributed by atoms with van der Waals surface area (Å²) in [6, 6.07) is 20.3. The second kappa shape index (κ2) is 13.2. The molecule has 0 bridgehead atoms. The first kappa shape index (κ1) is 29.4. The summed E-state index contributed by atoms with van der Waals surface area (Å²) in [4.78, 5) is 27.1. The van der Waals surface area contributed by atoms with E-state index in [0.717, 1.165) is 27.7 Å². The van der Waals surface area contributed by atoms with Crippen LogP contribution in [0.4, 0.5) is 4.39 Å². The van der Waals surface area contributed by atoms with Crippen molar-refractivity contribution in [3.8, 4) is 16.9 Å². The first-order valence-electron chi connectivity index (χ1n) is 13.1. The summed E-state index contributed by atoms with van der Waals surface area (Å²) in [7, 11) is 0. The number of para-hydroxylation sites is 1. The molecular weight excluding hydrogens is 531 g/mol. The van der Waals surface area contributed by atoms with Crippen LogP contribution in [0.25, 0.3) is 28.1 Å². The quantitative estimate of drug-likeness (QED) is 0.0960. The lowest BCUT2D eigenvalue weighted by Gasteiger charge is -2.15. The van der Waals surface area contributed by atoms with Gasteiger partial charge in [0, 0.05) is 34.6 Å². The van der Waals surface area contributed by atoms with Crippen LogP contribution in [0.3, 0.4) is 0 Å². The zero-order chi connectivity index (χ0) is 29.5. The maximum absolute atomic E-state index is 13.7. The molecule has 1 heterocycles. The number of benzene rings is 3. The van der Waals surface area contributed by atoms with Gasteiger partial charge in [-0.15, -0.1) is 10.1 Å². The van der Waals surface area contributed by atoms with E-state index in [1.165, 1.54) is 24.3 Å². The van der Waals surface area contributed by atoms with Crippen LogP contribution < -0.4 is 4.74 Å². The van der Waals surface area contributed by atoms with Gasteiger partial charge < -0.3 is 24.4 Å². The predicted octanol–water partition coefficient (Wildman–Crippen LogP) is 5.86. The van der Waals surface area contributed by atoms with Crippen molar-refractivity contribution in [1.82, 2.24) is 4.57 Å². The van der Waals surface area contributed by atoms with Crippen molar-refractivity contribution in [2.45, 2.75) is 51.5 Å². The number of halogens is 1. The summed E-state index contributed by atoms with van der Waals surface area (Å²) in [6.45, 7) is 3.81. The molecule has 2 atom stereocenters. The maximum atomic E-state index is 13.7. The molecule has 9 nitrogen and oxygen atoms in total. The Labute approximate surface area is 236 Å². The molecule has 214 valence electrons. The van der Waals surface area contributed by atoms with Crippen molar-refractivity contribution in [2.75, 3.05) is 0 Å². The Morgan fingerprint density at radius 1 is 1.07 bits per heavy atom. The van der Waals surface area contributed by atoms with Gasteiger partial charge in [0.2, 0.25) is 0 Å². The van der Waals surface area contributed by atoms with E-state index in [-0.39, 0.29) is 37.1 Å². The van der Waals surface area contributed by atoms with Crippen molar-refractivity contribution in [2.24, 2.45) is 0 Å². The van der Waals surface area contributed by atoms with Crippen LogP contribution in [0.15, 0.2) is 78.9 Å². The van der Waals surface area contributed by atoms with Crippen LogP contribution in [-0.2, 0) is 16.2 Å². The van der Waals surface area contributed by atoms with Crippen molar-refractivity contribution < 1.29 is 34.1 Å². The zero-order valence-electron chi connectivity index (χ0n) is 22.6. The predicted molar refractivity (Wildman–Crippen MR) is 152 cm³/mol. The summed E-state index contributed by atoms with van der Waals surface area (Å²) in [5.74, 6) is -0.903. The average molecular weight is 563 g/mol. The molecule has 0 amide bonds. The van der Waals surface area contributed by atoms with Gasteiger partial charge in [-0.2, -0.15) is 0 Å². The lowest BCUT2D eigenvalue weighted by atomic mass is 10.0. The number of carbonyl (C=O) groups is 1. The number of hydrogen-bond acceptors (Lipinski definition) is 7. The van der Waals surface area contributed by atoms with Crippen LogP contribution in [0.5, 0.6) is 5.75 Å². The molecule has 4 aromatic rings. The van der Waals surface area contributed by atoms with E-state index in [0.29, 0.717) is 5.56 Å².